The lowest BCUT2D eigenvalue weighted by atomic mass is 9.92. The van der Waals surface area contributed by atoms with E-state index in [9.17, 15) is 0 Å². The first-order valence-corrected chi connectivity index (χ1v) is 7.38. The Balaban J connectivity index is 2.05. The van der Waals surface area contributed by atoms with Gasteiger partial charge in [-0.05, 0) is 24.3 Å². The maximum Gasteiger partial charge on any atom is 0.155 e. The number of nitrogens with one attached hydrogen (secondary N) is 1. The van der Waals surface area contributed by atoms with Crippen molar-refractivity contribution in [1.29, 1.82) is 0 Å². The van der Waals surface area contributed by atoms with Gasteiger partial charge < -0.3 is 5.32 Å². The van der Waals surface area contributed by atoms with Gasteiger partial charge in [0.15, 0.2) is 5.82 Å². The zero-order valence-corrected chi connectivity index (χ0v) is 13.1. The average Bonchev–Trinajstić information content (AvgIpc) is 2.93. The molecule has 0 fully saturated rings. The van der Waals surface area contributed by atoms with Crippen molar-refractivity contribution in [2.24, 2.45) is 0 Å². The third-order valence-electron chi connectivity index (χ3n) is 3.39. The van der Waals surface area contributed by atoms with Gasteiger partial charge in [0.2, 0.25) is 0 Å². The largest absolute Gasteiger partial charge is 0.340 e. The van der Waals surface area contributed by atoms with Gasteiger partial charge in [0.05, 0.1) is 5.69 Å². The summed E-state index contributed by atoms with van der Waals surface area (Å²) in [4.78, 5) is 4.41. The van der Waals surface area contributed by atoms with Crippen molar-refractivity contribution in [3.05, 3.63) is 66.5 Å². The molecule has 4 heteroatoms. The van der Waals surface area contributed by atoms with Gasteiger partial charge in [0.25, 0.3) is 0 Å². The Morgan fingerprint density at radius 3 is 2.32 bits per heavy atom. The van der Waals surface area contributed by atoms with Crippen LogP contribution in [0.2, 0.25) is 0 Å². The van der Waals surface area contributed by atoms with E-state index < -0.39 is 0 Å². The van der Waals surface area contributed by atoms with Gasteiger partial charge in [-0.3, -0.25) is 0 Å². The quantitative estimate of drug-likeness (QED) is 0.782. The number of aromatic nitrogens is 3. The van der Waals surface area contributed by atoms with Crippen LogP contribution in [-0.4, -0.2) is 14.8 Å². The molecule has 0 amide bonds. The highest BCUT2D eigenvalue weighted by atomic mass is 15.4. The van der Waals surface area contributed by atoms with Crippen LogP contribution in [0.5, 0.6) is 0 Å². The van der Waals surface area contributed by atoms with Crippen LogP contribution >= 0.6 is 0 Å². The fourth-order valence-electron chi connectivity index (χ4n) is 2.16. The van der Waals surface area contributed by atoms with Crippen molar-refractivity contribution in [3.63, 3.8) is 0 Å². The second-order valence-corrected chi connectivity index (χ2v) is 6.26. The van der Waals surface area contributed by atoms with Crippen molar-refractivity contribution >= 4 is 11.5 Å². The second kappa shape index (κ2) is 5.64. The molecule has 0 aliphatic heterocycles. The number of hydrogen-bond donors (Lipinski definition) is 1. The maximum absolute atomic E-state index is 4.74. The zero-order valence-electron chi connectivity index (χ0n) is 13.1. The van der Waals surface area contributed by atoms with E-state index >= 15 is 0 Å². The summed E-state index contributed by atoms with van der Waals surface area (Å²) in [6.45, 7) is 6.47. The highest BCUT2D eigenvalue weighted by molar-refractivity contribution is 5.58. The molecular weight excluding hydrogens is 272 g/mol. The molecule has 2 heterocycles. The summed E-state index contributed by atoms with van der Waals surface area (Å²) in [5, 5.41) is 8.16. The topological polar surface area (TPSA) is 42.7 Å². The molecule has 1 aromatic carbocycles. The van der Waals surface area contributed by atoms with Crippen LogP contribution in [-0.2, 0) is 5.41 Å². The number of nitrogens with zero attached hydrogens (tertiary/aromatic N) is 3. The third kappa shape index (κ3) is 3.01. The smallest absolute Gasteiger partial charge is 0.155 e. The van der Waals surface area contributed by atoms with E-state index in [0.29, 0.717) is 0 Å². The number of para-hydroxylation sites is 1. The molecule has 0 aliphatic rings. The summed E-state index contributed by atoms with van der Waals surface area (Å²) in [6, 6.07) is 18.0. The van der Waals surface area contributed by atoms with Gasteiger partial charge >= 0.3 is 0 Å². The third-order valence-corrected chi connectivity index (χ3v) is 3.39. The Labute approximate surface area is 130 Å². The van der Waals surface area contributed by atoms with Crippen LogP contribution in [0.25, 0.3) is 5.82 Å². The Kier molecular flexibility index (Phi) is 3.67. The first kappa shape index (κ1) is 14.3. The fraction of sp³-hybridized carbons (Fsp3) is 0.222. The molecular formula is C18H20N4. The number of benzene rings is 1. The molecule has 3 rings (SSSR count). The average molecular weight is 292 g/mol. The molecule has 112 valence electrons. The summed E-state index contributed by atoms with van der Waals surface area (Å²) in [5.74, 6) is 1.71. The van der Waals surface area contributed by atoms with E-state index in [4.69, 9.17) is 5.10 Å². The number of pyridine rings is 1. The molecule has 1 N–H and O–H groups in total. The highest BCUT2D eigenvalue weighted by Crippen LogP contribution is 2.27. The molecule has 0 atom stereocenters. The van der Waals surface area contributed by atoms with Crippen LogP contribution in [0, 0.1) is 0 Å². The van der Waals surface area contributed by atoms with Gasteiger partial charge in [-0.2, -0.15) is 9.78 Å². The lowest BCUT2D eigenvalue weighted by Gasteiger charge is -2.13. The van der Waals surface area contributed by atoms with Crippen LogP contribution < -0.4 is 5.32 Å². The number of hydrogen-bond acceptors (Lipinski definition) is 3. The lowest BCUT2D eigenvalue weighted by Crippen LogP contribution is -2.12. The molecule has 0 unspecified atom stereocenters. The van der Waals surface area contributed by atoms with Crippen LogP contribution in [0.4, 0.5) is 11.5 Å². The van der Waals surface area contributed by atoms with Crippen molar-refractivity contribution in [3.8, 4) is 5.82 Å². The molecule has 3 aromatic rings. The zero-order chi connectivity index (χ0) is 15.6. The lowest BCUT2D eigenvalue weighted by molar-refractivity contribution is 0.559. The predicted octanol–water partition coefficient (Wildman–Crippen LogP) is 4.31. The van der Waals surface area contributed by atoms with Crippen LogP contribution in [0.15, 0.2) is 60.8 Å². The number of anilines is 2. The van der Waals surface area contributed by atoms with Crippen molar-refractivity contribution in [2.75, 3.05) is 5.32 Å². The van der Waals surface area contributed by atoms with Gasteiger partial charge in [0, 0.05) is 23.4 Å². The predicted molar refractivity (Wildman–Crippen MR) is 89.8 cm³/mol. The number of rotatable bonds is 3. The summed E-state index contributed by atoms with van der Waals surface area (Å²) in [5.41, 5.74) is 2.03. The van der Waals surface area contributed by atoms with Gasteiger partial charge in [0.1, 0.15) is 5.82 Å². The van der Waals surface area contributed by atoms with Gasteiger partial charge in [-0.25, -0.2) is 4.98 Å². The van der Waals surface area contributed by atoms with Crippen molar-refractivity contribution in [1.82, 2.24) is 14.8 Å². The first-order valence-electron chi connectivity index (χ1n) is 7.38. The molecule has 4 nitrogen and oxygen atoms in total. The summed E-state index contributed by atoms with van der Waals surface area (Å²) >= 11 is 0. The Morgan fingerprint density at radius 2 is 1.68 bits per heavy atom. The van der Waals surface area contributed by atoms with E-state index in [2.05, 4.69) is 37.1 Å². The molecule has 0 saturated heterocycles. The van der Waals surface area contributed by atoms with E-state index in [1.807, 2.05) is 53.2 Å². The van der Waals surface area contributed by atoms with Crippen LogP contribution in [0.3, 0.4) is 0 Å². The molecule has 0 spiro atoms. The van der Waals surface area contributed by atoms with E-state index in [1.54, 1.807) is 6.20 Å². The SMILES string of the molecule is CC(C)(C)c1cc(Nc2ccccc2)n(-c2ccccn2)n1. The Bertz CT molecular complexity index is 740. The summed E-state index contributed by atoms with van der Waals surface area (Å²) in [7, 11) is 0. The van der Waals surface area contributed by atoms with E-state index in [1.165, 1.54) is 0 Å². The minimum Gasteiger partial charge on any atom is -0.340 e. The first-order chi connectivity index (χ1) is 10.5. The van der Waals surface area contributed by atoms with E-state index in [0.717, 1.165) is 23.0 Å². The molecule has 22 heavy (non-hydrogen) atoms. The van der Waals surface area contributed by atoms with Crippen LogP contribution in [0.1, 0.15) is 26.5 Å². The molecule has 0 saturated carbocycles. The van der Waals surface area contributed by atoms with Gasteiger partial charge in [-0.1, -0.05) is 45.0 Å². The van der Waals surface area contributed by atoms with Crippen molar-refractivity contribution < 1.29 is 0 Å². The molecule has 2 aromatic heterocycles. The highest BCUT2D eigenvalue weighted by Gasteiger charge is 2.20. The summed E-state index contributed by atoms with van der Waals surface area (Å²) < 4.78 is 1.85. The minimum atomic E-state index is -0.0207. The monoisotopic (exact) mass is 292 g/mol. The second-order valence-electron chi connectivity index (χ2n) is 6.26. The van der Waals surface area contributed by atoms with Gasteiger partial charge in [-0.15, -0.1) is 0 Å². The summed E-state index contributed by atoms with van der Waals surface area (Å²) in [6.07, 6.45) is 1.78. The Hall–Kier alpha value is -2.62. The standard InChI is InChI=1S/C18H20N4/c1-18(2,3)15-13-17(20-14-9-5-4-6-10-14)22(21-15)16-11-7-8-12-19-16/h4-13,20H,1-3H3. The minimum absolute atomic E-state index is 0.0207. The molecule has 0 aliphatic carbocycles. The molecule has 0 bridgehead atoms. The van der Waals surface area contributed by atoms with Crippen molar-refractivity contribution in [2.45, 2.75) is 26.2 Å². The molecule has 0 radical (unpaired) electrons. The Morgan fingerprint density at radius 1 is 0.955 bits per heavy atom. The normalized spacial score (nSPS) is 11.4. The fourth-order valence-corrected chi connectivity index (χ4v) is 2.16. The van der Waals surface area contributed by atoms with E-state index in [-0.39, 0.29) is 5.41 Å². The maximum atomic E-state index is 4.74.